The van der Waals surface area contributed by atoms with Gasteiger partial charge in [0.1, 0.15) is 0 Å². The van der Waals surface area contributed by atoms with Crippen LogP contribution >= 0.6 is 11.8 Å². The number of carbonyl (C=O) groups excluding carboxylic acids is 1. The van der Waals surface area contributed by atoms with Gasteiger partial charge in [0.2, 0.25) is 5.91 Å². The van der Waals surface area contributed by atoms with Gasteiger partial charge < -0.3 is 10.4 Å². The number of amides is 1. The molecule has 0 heterocycles. The average Bonchev–Trinajstić information content (AvgIpc) is 2.32. The SMILES string of the molecule is CS[C@H]1C=C[C@@H](NC(C)=O)[C@@H]1O. The lowest BCUT2D eigenvalue weighted by molar-refractivity contribution is -0.119. The summed E-state index contributed by atoms with van der Waals surface area (Å²) in [5, 5.41) is 12.4. The van der Waals surface area contributed by atoms with E-state index in [1.54, 1.807) is 11.8 Å². The third kappa shape index (κ3) is 2.01. The summed E-state index contributed by atoms with van der Waals surface area (Å²) in [6, 6.07) is -0.208. The van der Waals surface area contributed by atoms with Gasteiger partial charge in [-0.3, -0.25) is 4.79 Å². The van der Waals surface area contributed by atoms with Crippen LogP contribution in [0.4, 0.5) is 0 Å². The summed E-state index contributed by atoms with van der Waals surface area (Å²) < 4.78 is 0. The highest BCUT2D eigenvalue weighted by molar-refractivity contribution is 7.99. The molecule has 3 nitrogen and oxygen atoms in total. The maximum atomic E-state index is 10.7. The van der Waals surface area contributed by atoms with Crippen LogP contribution in [0.15, 0.2) is 12.2 Å². The Balaban J connectivity index is 2.49. The van der Waals surface area contributed by atoms with Crippen LogP contribution in [-0.4, -0.2) is 34.7 Å². The van der Waals surface area contributed by atoms with E-state index in [1.165, 1.54) is 6.92 Å². The second-order valence-corrected chi connectivity index (χ2v) is 3.82. The van der Waals surface area contributed by atoms with E-state index >= 15 is 0 Å². The van der Waals surface area contributed by atoms with Crippen LogP contribution in [0.3, 0.4) is 0 Å². The number of hydrogen-bond acceptors (Lipinski definition) is 3. The molecule has 12 heavy (non-hydrogen) atoms. The lowest BCUT2D eigenvalue weighted by Crippen LogP contribution is -2.41. The summed E-state index contributed by atoms with van der Waals surface area (Å²) in [4.78, 5) is 10.7. The molecule has 0 aromatic carbocycles. The van der Waals surface area contributed by atoms with Gasteiger partial charge in [0.15, 0.2) is 0 Å². The second-order valence-electron chi connectivity index (χ2n) is 2.80. The molecule has 0 aromatic heterocycles. The Morgan fingerprint density at radius 1 is 1.58 bits per heavy atom. The molecule has 3 atom stereocenters. The fourth-order valence-electron chi connectivity index (χ4n) is 1.25. The molecule has 0 unspecified atom stereocenters. The van der Waals surface area contributed by atoms with Gasteiger partial charge in [-0.1, -0.05) is 12.2 Å². The number of thioether (sulfide) groups is 1. The Labute approximate surface area is 76.2 Å². The van der Waals surface area contributed by atoms with Crippen LogP contribution < -0.4 is 5.32 Å². The number of hydrogen-bond donors (Lipinski definition) is 2. The summed E-state index contributed by atoms with van der Waals surface area (Å²) in [6.07, 6.45) is 5.22. The molecule has 1 aliphatic rings. The van der Waals surface area contributed by atoms with Crippen LogP contribution in [0, 0.1) is 0 Å². The van der Waals surface area contributed by atoms with E-state index in [2.05, 4.69) is 5.32 Å². The van der Waals surface area contributed by atoms with Crippen molar-refractivity contribution < 1.29 is 9.90 Å². The molecular formula is C8H13NO2S. The third-order valence-corrected chi connectivity index (χ3v) is 2.84. The topological polar surface area (TPSA) is 49.3 Å². The molecule has 2 N–H and O–H groups in total. The van der Waals surface area contributed by atoms with Gasteiger partial charge in [0.05, 0.1) is 17.4 Å². The summed E-state index contributed by atoms with van der Waals surface area (Å²) in [7, 11) is 0. The van der Waals surface area contributed by atoms with Crippen LogP contribution in [0.5, 0.6) is 0 Å². The minimum atomic E-state index is -0.483. The highest BCUT2D eigenvalue weighted by atomic mass is 32.2. The Morgan fingerprint density at radius 2 is 2.25 bits per heavy atom. The number of rotatable bonds is 2. The first-order valence-electron chi connectivity index (χ1n) is 3.81. The lowest BCUT2D eigenvalue weighted by Gasteiger charge is -2.18. The first-order valence-corrected chi connectivity index (χ1v) is 5.10. The van der Waals surface area contributed by atoms with Gasteiger partial charge in [-0.15, -0.1) is 0 Å². The zero-order valence-electron chi connectivity index (χ0n) is 7.15. The van der Waals surface area contributed by atoms with Crippen molar-refractivity contribution >= 4 is 17.7 Å². The molecule has 0 saturated heterocycles. The number of aliphatic hydroxyl groups is 1. The van der Waals surface area contributed by atoms with Gasteiger partial charge in [0, 0.05) is 6.92 Å². The smallest absolute Gasteiger partial charge is 0.217 e. The number of carbonyl (C=O) groups is 1. The largest absolute Gasteiger partial charge is 0.389 e. The molecular weight excluding hydrogens is 174 g/mol. The Kier molecular flexibility index (Phi) is 3.17. The van der Waals surface area contributed by atoms with Crippen LogP contribution in [0.25, 0.3) is 0 Å². The maximum absolute atomic E-state index is 10.7. The molecule has 0 radical (unpaired) electrons. The Bertz CT molecular complexity index is 205. The zero-order chi connectivity index (χ0) is 9.14. The van der Waals surface area contributed by atoms with Crippen LogP contribution in [0.2, 0.25) is 0 Å². The molecule has 0 aliphatic heterocycles. The second kappa shape index (κ2) is 3.96. The fraction of sp³-hybridized carbons (Fsp3) is 0.625. The maximum Gasteiger partial charge on any atom is 0.217 e. The summed E-state index contributed by atoms with van der Waals surface area (Å²) in [6.45, 7) is 1.45. The Morgan fingerprint density at radius 3 is 2.67 bits per heavy atom. The van der Waals surface area contributed by atoms with Gasteiger partial charge >= 0.3 is 0 Å². The minimum Gasteiger partial charge on any atom is -0.389 e. The predicted octanol–water partition coefficient (Wildman–Crippen LogP) is 0.153. The number of nitrogens with one attached hydrogen (secondary N) is 1. The predicted molar refractivity (Wildman–Crippen MR) is 50.1 cm³/mol. The van der Waals surface area contributed by atoms with E-state index in [4.69, 9.17) is 0 Å². The zero-order valence-corrected chi connectivity index (χ0v) is 7.97. The van der Waals surface area contributed by atoms with Crippen molar-refractivity contribution in [1.29, 1.82) is 0 Å². The van der Waals surface area contributed by atoms with Gasteiger partial charge in [0.25, 0.3) is 0 Å². The standard InChI is InChI=1S/C8H13NO2S/c1-5(10)9-6-3-4-7(12-2)8(6)11/h3-4,6-8,11H,1-2H3,(H,9,10)/t6-,7+,8+/m1/s1. The average molecular weight is 187 g/mol. The van der Waals surface area contributed by atoms with E-state index in [-0.39, 0.29) is 17.2 Å². The van der Waals surface area contributed by atoms with E-state index < -0.39 is 6.10 Å². The third-order valence-electron chi connectivity index (χ3n) is 1.85. The summed E-state index contributed by atoms with van der Waals surface area (Å²) in [5.41, 5.74) is 0. The minimum absolute atomic E-state index is 0.106. The molecule has 0 fully saturated rings. The van der Waals surface area contributed by atoms with Crippen molar-refractivity contribution in [1.82, 2.24) is 5.32 Å². The monoisotopic (exact) mass is 187 g/mol. The summed E-state index contributed by atoms with van der Waals surface area (Å²) >= 11 is 1.58. The molecule has 1 aliphatic carbocycles. The van der Waals surface area contributed by atoms with Gasteiger partial charge in [-0.05, 0) is 6.26 Å². The number of aliphatic hydroxyl groups excluding tert-OH is 1. The molecule has 0 spiro atoms. The molecule has 0 bridgehead atoms. The molecule has 0 saturated carbocycles. The normalized spacial score (nSPS) is 33.8. The quantitative estimate of drug-likeness (QED) is 0.605. The van der Waals surface area contributed by atoms with E-state index in [0.717, 1.165) is 0 Å². The van der Waals surface area contributed by atoms with E-state index in [0.29, 0.717) is 0 Å². The van der Waals surface area contributed by atoms with Gasteiger partial charge in [-0.2, -0.15) is 11.8 Å². The first-order chi connectivity index (χ1) is 5.65. The Hall–Kier alpha value is -0.480. The summed E-state index contributed by atoms with van der Waals surface area (Å²) in [5.74, 6) is -0.106. The molecule has 68 valence electrons. The van der Waals surface area contributed by atoms with Crippen LogP contribution in [0.1, 0.15) is 6.92 Å². The highest BCUT2D eigenvalue weighted by Gasteiger charge is 2.29. The van der Waals surface area contributed by atoms with E-state index in [9.17, 15) is 9.90 Å². The van der Waals surface area contributed by atoms with Crippen molar-refractivity contribution in [2.45, 2.75) is 24.3 Å². The molecule has 1 amide bonds. The first kappa shape index (κ1) is 9.61. The molecule has 4 heteroatoms. The van der Waals surface area contributed by atoms with Crippen LogP contribution in [-0.2, 0) is 4.79 Å². The molecule has 1 rings (SSSR count). The van der Waals surface area contributed by atoms with Gasteiger partial charge in [-0.25, -0.2) is 0 Å². The van der Waals surface area contributed by atoms with E-state index in [1.807, 2.05) is 18.4 Å². The van der Waals surface area contributed by atoms with Crippen molar-refractivity contribution in [2.75, 3.05) is 6.26 Å². The van der Waals surface area contributed by atoms with Crippen molar-refractivity contribution in [2.24, 2.45) is 0 Å². The fourth-order valence-corrected chi connectivity index (χ4v) is 1.94. The van der Waals surface area contributed by atoms with Crippen molar-refractivity contribution in [3.8, 4) is 0 Å². The highest BCUT2D eigenvalue weighted by Crippen LogP contribution is 2.22. The van der Waals surface area contributed by atoms with Crippen molar-refractivity contribution in [3.05, 3.63) is 12.2 Å². The van der Waals surface area contributed by atoms with Crippen molar-refractivity contribution in [3.63, 3.8) is 0 Å². The molecule has 0 aromatic rings. The lowest BCUT2D eigenvalue weighted by atomic mass is 10.2.